The minimum atomic E-state index is 0.0938. The van der Waals surface area contributed by atoms with Gasteiger partial charge in [0.25, 0.3) is 5.91 Å². The molecular formula is C17H26ClNO. The maximum absolute atomic E-state index is 12.3. The Balaban J connectivity index is 2.59. The van der Waals surface area contributed by atoms with Gasteiger partial charge >= 0.3 is 0 Å². The number of carbonyl (C=O) groups is 1. The van der Waals surface area contributed by atoms with E-state index in [9.17, 15) is 4.79 Å². The van der Waals surface area contributed by atoms with E-state index in [0.717, 1.165) is 31.4 Å². The van der Waals surface area contributed by atoms with Crippen LogP contribution in [0.4, 0.5) is 0 Å². The van der Waals surface area contributed by atoms with E-state index in [-0.39, 0.29) is 11.3 Å². The summed E-state index contributed by atoms with van der Waals surface area (Å²) in [6.07, 6.45) is 3.10. The number of benzene rings is 1. The van der Waals surface area contributed by atoms with E-state index in [4.69, 9.17) is 11.6 Å². The molecule has 3 heteroatoms. The molecule has 2 nitrogen and oxygen atoms in total. The molecule has 0 N–H and O–H groups in total. The Morgan fingerprint density at radius 3 is 2.20 bits per heavy atom. The second-order valence-electron chi connectivity index (χ2n) is 6.30. The van der Waals surface area contributed by atoms with Crippen molar-refractivity contribution >= 4 is 17.5 Å². The third kappa shape index (κ3) is 5.16. The van der Waals surface area contributed by atoms with E-state index < -0.39 is 0 Å². The number of halogens is 1. The van der Waals surface area contributed by atoms with Gasteiger partial charge in [-0.15, -0.1) is 11.6 Å². The highest BCUT2D eigenvalue weighted by atomic mass is 35.5. The van der Waals surface area contributed by atoms with E-state index in [2.05, 4.69) is 32.9 Å². The standard InChI is InChI=1S/C17H26ClNO/c1-17(2,3)15-10-8-14(9-11-15)16(20)19(4)13-7-5-6-12-18/h8-11H,5-7,12-13H2,1-4H3. The molecule has 0 aliphatic rings. The summed E-state index contributed by atoms with van der Waals surface area (Å²) in [7, 11) is 1.86. The summed E-state index contributed by atoms with van der Waals surface area (Å²) in [4.78, 5) is 14.1. The van der Waals surface area contributed by atoms with Crippen LogP contribution >= 0.6 is 11.6 Å². The lowest BCUT2D eigenvalue weighted by molar-refractivity contribution is 0.0792. The maximum Gasteiger partial charge on any atom is 0.253 e. The van der Waals surface area contributed by atoms with Crippen molar-refractivity contribution in [2.24, 2.45) is 0 Å². The molecule has 0 atom stereocenters. The Kier molecular flexibility index (Phi) is 6.54. The van der Waals surface area contributed by atoms with Gasteiger partial charge in [-0.3, -0.25) is 4.79 Å². The number of rotatable bonds is 6. The molecule has 0 fully saturated rings. The highest BCUT2D eigenvalue weighted by molar-refractivity contribution is 6.17. The van der Waals surface area contributed by atoms with Gasteiger partial charge in [0.1, 0.15) is 0 Å². The van der Waals surface area contributed by atoms with Crippen LogP contribution in [-0.2, 0) is 5.41 Å². The first-order chi connectivity index (χ1) is 9.36. The van der Waals surface area contributed by atoms with Crippen LogP contribution in [0.25, 0.3) is 0 Å². The zero-order valence-corrected chi connectivity index (χ0v) is 13.8. The van der Waals surface area contributed by atoms with Gasteiger partial charge in [0.15, 0.2) is 0 Å². The first-order valence-corrected chi connectivity index (χ1v) is 7.81. The number of hydrogen-bond acceptors (Lipinski definition) is 1. The molecule has 1 aromatic rings. The van der Waals surface area contributed by atoms with Gasteiger partial charge in [-0.25, -0.2) is 0 Å². The number of alkyl halides is 1. The normalized spacial score (nSPS) is 11.4. The van der Waals surface area contributed by atoms with Crippen molar-refractivity contribution in [1.29, 1.82) is 0 Å². The first-order valence-electron chi connectivity index (χ1n) is 7.28. The van der Waals surface area contributed by atoms with Crippen molar-refractivity contribution in [1.82, 2.24) is 4.90 Å². The Bertz CT molecular complexity index is 420. The molecule has 112 valence electrons. The van der Waals surface area contributed by atoms with Crippen LogP contribution in [0, 0.1) is 0 Å². The van der Waals surface area contributed by atoms with Crippen LogP contribution in [0.2, 0.25) is 0 Å². The molecule has 0 aliphatic heterocycles. The lowest BCUT2D eigenvalue weighted by atomic mass is 9.86. The van der Waals surface area contributed by atoms with Crippen molar-refractivity contribution < 1.29 is 4.79 Å². The van der Waals surface area contributed by atoms with Crippen molar-refractivity contribution in [3.63, 3.8) is 0 Å². The summed E-state index contributed by atoms with van der Waals surface area (Å²) in [5.74, 6) is 0.794. The minimum absolute atomic E-state index is 0.0938. The van der Waals surface area contributed by atoms with Crippen LogP contribution in [-0.4, -0.2) is 30.3 Å². The van der Waals surface area contributed by atoms with Crippen LogP contribution in [0.15, 0.2) is 24.3 Å². The summed E-state index contributed by atoms with van der Waals surface area (Å²) in [5.41, 5.74) is 2.13. The minimum Gasteiger partial charge on any atom is -0.342 e. The highest BCUT2D eigenvalue weighted by Crippen LogP contribution is 2.22. The van der Waals surface area contributed by atoms with E-state index in [1.807, 2.05) is 19.2 Å². The molecule has 0 unspecified atom stereocenters. The van der Waals surface area contributed by atoms with Crippen molar-refractivity contribution in [2.75, 3.05) is 19.5 Å². The van der Waals surface area contributed by atoms with E-state index in [0.29, 0.717) is 5.88 Å². The van der Waals surface area contributed by atoms with E-state index in [1.165, 1.54) is 5.56 Å². The van der Waals surface area contributed by atoms with Gasteiger partial charge in [-0.2, -0.15) is 0 Å². The molecule has 0 bridgehead atoms. The van der Waals surface area contributed by atoms with Gasteiger partial charge in [-0.1, -0.05) is 39.3 Å². The van der Waals surface area contributed by atoms with Gasteiger partial charge < -0.3 is 4.90 Å². The van der Waals surface area contributed by atoms with Crippen LogP contribution < -0.4 is 0 Å². The number of hydrogen-bond donors (Lipinski definition) is 0. The summed E-state index contributed by atoms with van der Waals surface area (Å²) in [5, 5.41) is 0. The fourth-order valence-corrected chi connectivity index (χ4v) is 2.24. The van der Waals surface area contributed by atoms with Crippen LogP contribution in [0.3, 0.4) is 0 Å². The lowest BCUT2D eigenvalue weighted by Gasteiger charge is -2.20. The molecule has 0 aliphatic carbocycles. The Morgan fingerprint density at radius 1 is 1.10 bits per heavy atom. The summed E-state index contributed by atoms with van der Waals surface area (Å²) in [6.45, 7) is 7.31. The zero-order chi connectivity index (χ0) is 15.2. The fourth-order valence-electron chi connectivity index (χ4n) is 2.05. The van der Waals surface area contributed by atoms with Crippen LogP contribution in [0.5, 0.6) is 0 Å². The summed E-state index contributed by atoms with van der Waals surface area (Å²) in [6, 6.07) is 7.96. The molecule has 0 radical (unpaired) electrons. The van der Waals surface area contributed by atoms with Gasteiger partial charge in [0.2, 0.25) is 0 Å². The Labute approximate surface area is 128 Å². The predicted molar refractivity (Wildman–Crippen MR) is 86.7 cm³/mol. The predicted octanol–water partition coefficient (Wildman–Crippen LogP) is 4.47. The summed E-state index contributed by atoms with van der Waals surface area (Å²) < 4.78 is 0. The average Bonchev–Trinajstić information content (AvgIpc) is 2.41. The molecule has 20 heavy (non-hydrogen) atoms. The monoisotopic (exact) mass is 295 g/mol. The SMILES string of the molecule is CN(CCCCCCl)C(=O)c1ccc(C(C)(C)C)cc1. The maximum atomic E-state index is 12.3. The summed E-state index contributed by atoms with van der Waals surface area (Å²) >= 11 is 5.65. The van der Waals surface area contributed by atoms with Crippen LogP contribution in [0.1, 0.15) is 56.0 Å². The van der Waals surface area contributed by atoms with Crippen molar-refractivity contribution in [2.45, 2.75) is 45.4 Å². The second-order valence-corrected chi connectivity index (χ2v) is 6.68. The molecule has 1 rings (SSSR count). The third-order valence-corrected chi connectivity index (χ3v) is 3.74. The van der Waals surface area contributed by atoms with Crippen molar-refractivity contribution in [3.8, 4) is 0 Å². The van der Waals surface area contributed by atoms with Crippen molar-refractivity contribution in [3.05, 3.63) is 35.4 Å². The molecule has 0 aromatic heterocycles. The molecule has 0 saturated carbocycles. The second kappa shape index (κ2) is 7.68. The van der Waals surface area contributed by atoms with E-state index in [1.54, 1.807) is 4.90 Å². The Hall–Kier alpha value is -1.02. The fraction of sp³-hybridized carbons (Fsp3) is 0.588. The molecular weight excluding hydrogens is 270 g/mol. The number of carbonyl (C=O) groups excluding carboxylic acids is 1. The topological polar surface area (TPSA) is 20.3 Å². The third-order valence-electron chi connectivity index (χ3n) is 3.47. The highest BCUT2D eigenvalue weighted by Gasteiger charge is 2.15. The molecule has 1 aromatic carbocycles. The zero-order valence-electron chi connectivity index (χ0n) is 13.1. The lowest BCUT2D eigenvalue weighted by Crippen LogP contribution is -2.27. The molecule has 1 amide bonds. The van der Waals surface area contributed by atoms with Gasteiger partial charge in [-0.05, 0) is 36.0 Å². The van der Waals surface area contributed by atoms with Gasteiger partial charge in [0, 0.05) is 25.0 Å². The number of nitrogens with zero attached hydrogens (tertiary/aromatic N) is 1. The first kappa shape index (κ1) is 17.0. The van der Waals surface area contributed by atoms with Gasteiger partial charge in [0.05, 0.1) is 0 Å². The smallest absolute Gasteiger partial charge is 0.253 e. The number of unbranched alkanes of at least 4 members (excludes halogenated alkanes) is 2. The largest absolute Gasteiger partial charge is 0.342 e. The molecule has 0 spiro atoms. The number of amides is 1. The Morgan fingerprint density at radius 2 is 1.70 bits per heavy atom. The molecule has 0 saturated heterocycles. The van der Waals surface area contributed by atoms with E-state index >= 15 is 0 Å². The average molecular weight is 296 g/mol. The quantitative estimate of drug-likeness (QED) is 0.560. The molecule has 0 heterocycles.